The molecule has 1 amide bonds. The molecule has 3 N–H and O–H groups in total. The number of hydrogen-bond acceptors (Lipinski definition) is 7. The van der Waals surface area contributed by atoms with Gasteiger partial charge in [-0.15, -0.1) is 10.2 Å². The molecule has 0 aliphatic rings. The van der Waals surface area contributed by atoms with Crippen molar-refractivity contribution in [3.63, 3.8) is 0 Å². The van der Waals surface area contributed by atoms with E-state index in [2.05, 4.69) is 25.1 Å². The monoisotopic (exact) mass is 456 g/mol. The van der Waals surface area contributed by atoms with Crippen molar-refractivity contribution in [2.75, 3.05) is 11.1 Å². The van der Waals surface area contributed by atoms with E-state index in [1.54, 1.807) is 19.1 Å². The maximum Gasteiger partial charge on any atom is 0.238 e. The standard InChI is InChI=1S/C20H20N6O3S2/c1-3-26-15-7-5-4-6-14(15)18-19(26)23-20(25-24-18)30-11-17(27)22-13-9-8-12(2)16(10-13)31(21,28)29/h4-10H,3,11H2,1-2H3,(H,22,27)(H2,21,28,29). The van der Waals surface area contributed by atoms with Crippen molar-refractivity contribution < 1.29 is 13.2 Å². The van der Waals surface area contributed by atoms with Gasteiger partial charge >= 0.3 is 0 Å². The van der Waals surface area contributed by atoms with E-state index >= 15 is 0 Å². The van der Waals surface area contributed by atoms with Gasteiger partial charge in [-0.05, 0) is 37.6 Å². The lowest BCUT2D eigenvalue weighted by Crippen LogP contribution is -2.17. The highest BCUT2D eigenvalue weighted by atomic mass is 32.2. The van der Waals surface area contributed by atoms with Crippen molar-refractivity contribution in [1.82, 2.24) is 19.7 Å². The number of benzene rings is 2. The highest BCUT2D eigenvalue weighted by Crippen LogP contribution is 2.27. The van der Waals surface area contributed by atoms with Gasteiger partial charge in [0.25, 0.3) is 0 Å². The van der Waals surface area contributed by atoms with Crippen LogP contribution in [0.2, 0.25) is 0 Å². The molecule has 11 heteroatoms. The van der Waals surface area contributed by atoms with E-state index in [0.717, 1.165) is 40.4 Å². The summed E-state index contributed by atoms with van der Waals surface area (Å²) < 4.78 is 25.4. The molecule has 0 atom stereocenters. The van der Waals surface area contributed by atoms with E-state index in [9.17, 15) is 13.2 Å². The van der Waals surface area contributed by atoms with Crippen LogP contribution in [0.25, 0.3) is 22.1 Å². The second-order valence-electron chi connectivity index (χ2n) is 6.89. The molecular weight excluding hydrogens is 436 g/mol. The second kappa shape index (κ2) is 8.25. The Bertz CT molecular complexity index is 1420. The number of para-hydroxylation sites is 1. The minimum atomic E-state index is -3.87. The molecule has 0 radical (unpaired) electrons. The largest absolute Gasteiger partial charge is 0.325 e. The number of carbonyl (C=O) groups excluding carboxylic acids is 1. The molecule has 2 heterocycles. The zero-order chi connectivity index (χ0) is 22.2. The van der Waals surface area contributed by atoms with Gasteiger partial charge in [-0.1, -0.05) is 36.0 Å². The van der Waals surface area contributed by atoms with Crippen LogP contribution in [0.4, 0.5) is 5.69 Å². The number of primary sulfonamides is 1. The van der Waals surface area contributed by atoms with Crippen LogP contribution in [-0.2, 0) is 21.4 Å². The molecule has 0 saturated heterocycles. The minimum Gasteiger partial charge on any atom is -0.325 e. The zero-order valence-electron chi connectivity index (χ0n) is 16.9. The van der Waals surface area contributed by atoms with Gasteiger partial charge in [0.05, 0.1) is 16.2 Å². The average Bonchev–Trinajstić information content (AvgIpc) is 3.05. The third-order valence-corrected chi connectivity index (χ3v) is 6.67. The highest BCUT2D eigenvalue weighted by Gasteiger charge is 2.16. The number of aryl methyl sites for hydroxylation is 2. The summed E-state index contributed by atoms with van der Waals surface area (Å²) in [5.74, 6) is -0.285. The summed E-state index contributed by atoms with van der Waals surface area (Å²) in [5, 5.41) is 17.7. The molecule has 160 valence electrons. The quantitative estimate of drug-likeness (QED) is 0.426. The summed E-state index contributed by atoms with van der Waals surface area (Å²) >= 11 is 1.15. The molecule has 0 bridgehead atoms. The van der Waals surface area contributed by atoms with Gasteiger partial charge in [-0.25, -0.2) is 18.5 Å². The van der Waals surface area contributed by atoms with Crippen molar-refractivity contribution in [3.8, 4) is 0 Å². The molecule has 0 fully saturated rings. The normalized spacial score (nSPS) is 11.8. The number of nitrogens with two attached hydrogens (primary N) is 1. The van der Waals surface area contributed by atoms with Crippen LogP contribution in [0.15, 0.2) is 52.5 Å². The van der Waals surface area contributed by atoms with E-state index in [0.29, 0.717) is 16.4 Å². The van der Waals surface area contributed by atoms with Crippen molar-refractivity contribution in [2.45, 2.75) is 30.4 Å². The first kappa shape index (κ1) is 21.2. The number of anilines is 1. The predicted octanol–water partition coefficient (Wildman–Crippen LogP) is 2.69. The summed E-state index contributed by atoms with van der Waals surface area (Å²) in [6, 6.07) is 12.5. The Hall–Kier alpha value is -3.02. The smallest absolute Gasteiger partial charge is 0.238 e. The lowest BCUT2D eigenvalue weighted by molar-refractivity contribution is -0.113. The molecule has 4 aromatic rings. The fourth-order valence-electron chi connectivity index (χ4n) is 3.38. The molecule has 2 aromatic carbocycles. The van der Waals surface area contributed by atoms with E-state index in [1.165, 1.54) is 6.07 Å². The second-order valence-corrected chi connectivity index (χ2v) is 9.36. The number of carbonyl (C=O) groups is 1. The molecule has 4 rings (SSSR count). The Labute approximate surface area is 183 Å². The number of fused-ring (bicyclic) bond motifs is 3. The van der Waals surface area contributed by atoms with Gasteiger partial charge in [-0.2, -0.15) is 0 Å². The number of thioether (sulfide) groups is 1. The molecule has 0 spiro atoms. The van der Waals surface area contributed by atoms with Crippen LogP contribution in [0, 0.1) is 6.92 Å². The van der Waals surface area contributed by atoms with Gasteiger partial charge in [0.15, 0.2) is 5.65 Å². The summed E-state index contributed by atoms with van der Waals surface area (Å²) in [5.41, 5.74) is 3.33. The maximum atomic E-state index is 12.4. The van der Waals surface area contributed by atoms with E-state index in [1.807, 2.05) is 31.2 Å². The lowest BCUT2D eigenvalue weighted by atomic mass is 10.2. The molecule has 0 aliphatic carbocycles. The number of sulfonamides is 1. The van der Waals surface area contributed by atoms with Gasteiger partial charge in [0.2, 0.25) is 21.1 Å². The minimum absolute atomic E-state index is 0.0247. The fourth-order valence-corrected chi connectivity index (χ4v) is 4.77. The number of amides is 1. The van der Waals surface area contributed by atoms with Crippen LogP contribution < -0.4 is 10.5 Å². The fraction of sp³-hybridized carbons (Fsp3) is 0.200. The van der Waals surface area contributed by atoms with E-state index in [-0.39, 0.29) is 16.6 Å². The Kier molecular flexibility index (Phi) is 5.65. The molecule has 2 aromatic heterocycles. The van der Waals surface area contributed by atoms with Crippen LogP contribution in [0.3, 0.4) is 0 Å². The topological polar surface area (TPSA) is 133 Å². The first-order valence-electron chi connectivity index (χ1n) is 9.45. The van der Waals surface area contributed by atoms with Gasteiger partial charge < -0.3 is 9.88 Å². The summed E-state index contributed by atoms with van der Waals surface area (Å²) in [6.45, 7) is 4.40. The number of rotatable bonds is 6. The third-order valence-electron chi connectivity index (χ3n) is 4.78. The van der Waals surface area contributed by atoms with Crippen LogP contribution in [-0.4, -0.2) is 39.8 Å². The lowest BCUT2D eigenvalue weighted by Gasteiger charge is -2.08. The van der Waals surface area contributed by atoms with Crippen molar-refractivity contribution in [1.29, 1.82) is 0 Å². The van der Waals surface area contributed by atoms with E-state index < -0.39 is 10.0 Å². The van der Waals surface area contributed by atoms with Crippen LogP contribution >= 0.6 is 11.8 Å². The Morgan fingerprint density at radius 3 is 2.71 bits per heavy atom. The van der Waals surface area contributed by atoms with Gasteiger partial charge in [0, 0.05) is 17.6 Å². The highest BCUT2D eigenvalue weighted by molar-refractivity contribution is 7.99. The number of aromatic nitrogens is 4. The van der Waals surface area contributed by atoms with Crippen molar-refractivity contribution in [2.24, 2.45) is 5.14 Å². The molecule has 0 unspecified atom stereocenters. The number of nitrogens with one attached hydrogen (secondary N) is 1. The molecule has 31 heavy (non-hydrogen) atoms. The summed E-state index contributed by atoms with van der Waals surface area (Å²) in [4.78, 5) is 16.9. The summed E-state index contributed by atoms with van der Waals surface area (Å²) in [7, 11) is -3.87. The third kappa shape index (κ3) is 4.24. The summed E-state index contributed by atoms with van der Waals surface area (Å²) in [6.07, 6.45) is 0. The first-order chi connectivity index (χ1) is 14.8. The molecule has 9 nitrogen and oxygen atoms in total. The Morgan fingerprint density at radius 1 is 1.19 bits per heavy atom. The molecule has 0 saturated carbocycles. The Morgan fingerprint density at radius 2 is 1.97 bits per heavy atom. The van der Waals surface area contributed by atoms with E-state index in [4.69, 9.17) is 5.14 Å². The maximum absolute atomic E-state index is 12.4. The SMILES string of the molecule is CCn1c2ccccc2c2nnc(SCC(=O)Nc3ccc(C)c(S(N)(=O)=O)c3)nc21. The first-order valence-corrected chi connectivity index (χ1v) is 12.0. The molecule has 0 aliphatic heterocycles. The predicted molar refractivity (Wildman–Crippen MR) is 120 cm³/mol. The van der Waals surface area contributed by atoms with Gasteiger partial charge in [0.1, 0.15) is 5.52 Å². The number of nitrogens with zero attached hydrogens (tertiary/aromatic N) is 4. The van der Waals surface area contributed by atoms with Crippen LogP contribution in [0.1, 0.15) is 12.5 Å². The van der Waals surface area contributed by atoms with Crippen molar-refractivity contribution >= 4 is 55.4 Å². The van der Waals surface area contributed by atoms with Gasteiger partial charge in [-0.3, -0.25) is 4.79 Å². The number of hydrogen-bond donors (Lipinski definition) is 2. The zero-order valence-corrected chi connectivity index (χ0v) is 18.5. The van der Waals surface area contributed by atoms with Crippen molar-refractivity contribution in [3.05, 3.63) is 48.0 Å². The Balaban J connectivity index is 1.52. The average molecular weight is 457 g/mol. The van der Waals surface area contributed by atoms with Crippen LogP contribution in [0.5, 0.6) is 0 Å². The molecular formula is C20H20N6O3S2.